The first-order valence-electron chi connectivity index (χ1n) is 9.33. The molecule has 2 aromatic rings. The normalized spacial score (nSPS) is 22.7. The van der Waals surface area contributed by atoms with E-state index in [2.05, 4.69) is 27.1 Å². The highest BCUT2D eigenvalue weighted by Crippen LogP contribution is 2.25. The number of sulfone groups is 1. The quantitative estimate of drug-likeness (QED) is 0.852. The number of anilines is 2. The monoisotopic (exact) mass is 387 g/mol. The smallest absolute Gasteiger partial charge is 0.163 e. The first-order valence-corrected chi connectivity index (χ1v) is 11.2. The summed E-state index contributed by atoms with van der Waals surface area (Å²) in [6, 6.07) is 11.8. The standard InChI is InChI=1S/C19H25N5O2S/c1-23-8-10-24(11-9-23)18-13-17(20-16-7-12-27(25,26)14-16)21-19(22-18)15-5-3-2-4-6-15/h2-6,13,16H,7-12,14H2,1H3,(H,20,21,22). The third-order valence-corrected chi connectivity index (χ3v) is 6.92. The van der Waals surface area contributed by atoms with E-state index in [1.807, 2.05) is 36.4 Å². The lowest BCUT2D eigenvalue weighted by Gasteiger charge is -2.33. The van der Waals surface area contributed by atoms with Crippen LogP contribution in [0.5, 0.6) is 0 Å². The summed E-state index contributed by atoms with van der Waals surface area (Å²) in [6.07, 6.45) is 0.622. The molecule has 2 fully saturated rings. The van der Waals surface area contributed by atoms with Gasteiger partial charge in [-0.15, -0.1) is 0 Å². The van der Waals surface area contributed by atoms with Crippen LogP contribution in [0.2, 0.25) is 0 Å². The van der Waals surface area contributed by atoms with Gasteiger partial charge in [-0.25, -0.2) is 18.4 Å². The van der Waals surface area contributed by atoms with E-state index in [0.717, 1.165) is 37.6 Å². The van der Waals surface area contributed by atoms with Crippen molar-refractivity contribution < 1.29 is 8.42 Å². The molecule has 2 aliphatic rings. The zero-order valence-electron chi connectivity index (χ0n) is 15.5. The zero-order valence-corrected chi connectivity index (χ0v) is 16.3. The van der Waals surface area contributed by atoms with Gasteiger partial charge < -0.3 is 15.1 Å². The Labute approximate surface area is 160 Å². The Kier molecular flexibility index (Phi) is 5.01. The number of nitrogens with one attached hydrogen (secondary N) is 1. The lowest BCUT2D eigenvalue weighted by Crippen LogP contribution is -2.44. The molecule has 2 aliphatic heterocycles. The number of rotatable bonds is 4. The number of benzene rings is 1. The molecule has 1 unspecified atom stereocenters. The molecule has 0 spiro atoms. The van der Waals surface area contributed by atoms with Gasteiger partial charge in [0.15, 0.2) is 15.7 Å². The van der Waals surface area contributed by atoms with E-state index < -0.39 is 9.84 Å². The van der Waals surface area contributed by atoms with Gasteiger partial charge in [0.05, 0.1) is 11.5 Å². The van der Waals surface area contributed by atoms with Crippen molar-refractivity contribution in [1.29, 1.82) is 0 Å². The van der Waals surface area contributed by atoms with Crippen LogP contribution in [0.1, 0.15) is 6.42 Å². The average Bonchev–Trinajstić information content (AvgIpc) is 3.01. The molecule has 144 valence electrons. The van der Waals surface area contributed by atoms with E-state index in [-0.39, 0.29) is 17.5 Å². The minimum absolute atomic E-state index is 0.0890. The Balaban J connectivity index is 1.64. The largest absolute Gasteiger partial charge is 0.366 e. The summed E-state index contributed by atoms with van der Waals surface area (Å²) in [5.74, 6) is 2.66. The van der Waals surface area contributed by atoms with Crippen molar-refractivity contribution in [3.63, 3.8) is 0 Å². The molecule has 1 N–H and O–H groups in total. The molecule has 0 amide bonds. The van der Waals surface area contributed by atoms with Crippen molar-refractivity contribution >= 4 is 21.5 Å². The Morgan fingerprint density at radius 2 is 1.81 bits per heavy atom. The SMILES string of the molecule is CN1CCN(c2cc(NC3CCS(=O)(=O)C3)nc(-c3ccccc3)n2)CC1. The van der Waals surface area contributed by atoms with Crippen LogP contribution in [0.25, 0.3) is 11.4 Å². The highest BCUT2D eigenvalue weighted by atomic mass is 32.2. The van der Waals surface area contributed by atoms with Crippen molar-refractivity contribution in [1.82, 2.24) is 14.9 Å². The maximum atomic E-state index is 11.8. The lowest BCUT2D eigenvalue weighted by molar-refractivity contribution is 0.312. The van der Waals surface area contributed by atoms with Gasteiger partial charge in [-0.05, 0) is 13.5 Å². The van der Waals surface area contributed by atoms with Crippen LogP contribution in [0.15, 0.2) is 36.4 Å². The molecule has 7 nitrogen and oxygen atoms in total. The number of hydrogen-bond donors (Lipinski definition) is 1. The summed E-state index contributed by atoms with van der Waals surface area (Å²) >= 11 is 0. The van der Waals surface area contributed by atoms with Gasteiger partial charge in [0.2, 0.25) is 0 Å². The number of nitrogens with zero attached hydrogens (tertiary/aromatic N) is 4. The molecule has 27 heavy (non-hydrogen) atoms. The van der Waals surface area contributed by atoms with Gasteiger partial charge in [0.1, 0.15) is 11.6 Å². The van der Waals surface area contributed by atoms with Gasteiger partial charge in [-0.3, -0.25) is 0 Å². The van der Waals surface area contributed by atoms with Gasteiger partial charge >= 0.3 is 0 Å². The second-order valence-corrected chi connectivity index (χ2v) is 9.56. The predicted molar refractivity (Wildman–Crippen MR) is 108 cm³/mol. The van der Waals surface area contributed by atoms with Gasteiger partial charge in [0, 0.05) is 43.9 Å². The Hall–Kier alpha value is -2.19. The summed E-state index contributed by atoms with van der Waals surface area (Å²) in [5, 5.41) is 3.33. The molecule has 0 saturated carbocycles. The average molecular weight is 388 g/mol. The summed E-state index contributed by atoms with van der Waals surface area (Å²) in [4.78, 5) is 14.0. The van der Waals surface area contributed by atoms with Crippen molar-refractivity contribution in [2.24, 2.45) is 0 Å². The van der Waals surface area contributed by atoms with Crippen LogP contribution in [0, 0.1) is 0 Å². The molecule has 4 rings (SSSR count). The van der Waals surface area contributed by atoms with Crippen LogP contribution in [-0.2, 0) is 9.84 Å². The number of hydrogen-bond acceptors (Lipinski definition) is 7. The fraction of sp³-hybridized carbons (Fsp3) is 0.474. The van der Waals surface area contributed by atoms with Crippen LogP contribution in [-0.4, -0.2) is 74.1 Å². The molecule has 0 aliphatic carbocycles. The first-order chi connectivity index (χ1) is 13.0. The molecular formula is C19H25N5O2S. The highest BCUT2D eigenvalue weighted by Gasteiger charge is 2.28. The minimum Gasteiger partial charge on any atom is -0.366 e. The fourth-order valence-electron chi connectivity index (χ4n) is 3.54. The van der Waals surface area contributed by atoms with Crippen LogP contribution in [0.3, 0.4) is 0 Å². The van der Waals surface area contributed by atoms with E-state index >= 15 is 0 Å². The van der Waals surface area contributed by atoms with Crippen molar-refractivity contribution in [2.45, 2.75) is 12.5 Å². The number of piperazine rings is 1. The lowest BCUT2D eigenvalue weighted by atomic mass is 10.2. The van der Waals surface area contributed by atoms with Gasteiger partial charge in [-0.1, -0.05) is 30.3 Å². The molecule has 3 heterocycles. The molecule has 8 heteroatoms. The maximum absolute atomic E-state index is 11.8. The summed E-state index contributed by atoms with van der Waals surface area (Å²) in [5.41, 5.74) is 0.954. The van der Waals surface area contributed by atoms with Crippen molar-refractivity contribution in [3.05, 3.63) is 36.4 Å². The molecule has 0 radical (unpaired) electrons. The van der Waals surface area contributed by atoms with E-state index in [9.17, 15) is 8.42 Å². The third-order valence-electron chi connectivity index (χ3n) is 5.16. The summed E-state index contributed by atoms with van der Waals surface area (Å²) in [6.45, 7) is 3.82. The van der Waals surface area contributed by atoms with E-state index in [0.29, 0.717) is 18.1 Å². The first kappa shape index (κ1) is 18.2. The highest BCUT2D eigenvalue weighted by molar-refractivity contribution is 7.91. The van der Waals surface area contributed by atoms with Crippen LogP contribution >= 0.6 is 0 Å². The zero-order chi connectivity index (χ0) is 18.9. The molecule has 1 aromatic carbocycles. The number of likely N-dealkylation sites (N-methyl/N-ethyl adjacent to an activating group) is 1. The second kappa shape index (κ2) is 7.44. The predicted octanol–water partition coefficient (Wildman–Crippen LogP) is 1.49. The fourth-order valence-corrected chi connectivity index (χ4v) is 5.21. The molecular weight excluding hydrogens is 362 g/mol. The maximum Gasteiger partial charge on any atom is 0.163 e. The van der Waals surface area contributed by atoms with E-state index in [1.54, 1.807) is 0 Å². The summed E-state index contributed by atoms with van der Waals surface area (Å²) < 4.78 is 23.6. The van der Waals surface area contributed by atoms with Gasteiger partial charge in [0.25, 0.3) is 0 Å². The topological polar surface area (TPSA) is 78.4 Å². The third kappa shape index (κ3) is 4.39. The minimum atomic E-state index is -2.94. The van der Waals surface area contributed by atoms with Crippen LogP contribution < -0.4 is 10.2 Å². The summed E-state index contributed by atoms with van der Waals surface area (Å²) in [7, 11) is -0.811. The Morgan fingerprint density at radius 3 is 2.48 bits per heavy atom. The molecule has 1 aromatic heterocycles. The van der Waals surface area contributed by atoms with Crippen molar-refractivity contribution in [3.8, 4) is 11.4 Å². The van der Waals surface area contributed by atoms with Crippen molar-refractivity contribution in [2.75, 3.05) is 54.9 Å². The number of aromatic nitrogens is 2. The Bertz CT molecular complexity index is 896. The second-order valence-electron chi connectivity index (χ2n) is 7.34. The molecule has 0 bridgehead atoms. The van der Waals surface area contributed by atoms with Crippen LogP contribution in [0.4, 0.5) is 11.6 Å². The van der Waals surface area contributed by atoms with Gasteiger partial charge in [-0.2, -0.15) is 0 Å². The molecule has 1 atom stereocenters. The van der Waals surface area contributed by atoms with E-state index in [4.69, 9.17) is 4.98 Å². The van der Waals surface area contributed by atoms with E-state index in [1.165, 1.54) is 0 Å². The molecule has 2 saturated heterocycles. The Morgan fingerprint density at radius 1 is 1.07 bits per heavy atom.